The van der Waals surface area contributed by atoms with E-state index in [1.54, 1.807) is 11.3 Å². The highest BCUT2D eigenvalue weighted by atomic mass is 32.1. The second kappa shape index (κ2) is 7.40. The Morgan fingerprint density at radius 2 is 1.82 bits per heavy atom. The van der Waals surface area contributed by atoms with Gasteiger partial charge in [-0.3, -0.25) is 19.6 Å². The molecule has 2 aliphatic heterocycles. The van der Waals surface area contributed by atoms with Gasteiger partial charge in [0.05, 0.1) is 22.7 Å². The van der Waals surface area contributed by atoms with Crippen molar-refractivity contribution in [2.45, 2.75) is 32.7 Å². The van der Waals surface area contributed by atoms with E-state index >= 15 is 0 Å². The first-order valence-electron chi connectivity index (χ1n) is 11.3. The summed E-state index contributed by atoms with van der Waals surface area (Å²) in [5.74, 6) is -0.769. The van der Waals surface area contributed by atoms with Gasteiger partial charge in [0.25, 0.3) is 11.8 Å². The summed E-state index contributed by atoms with van der Waals surface area (Å²) in [7, 11) is 0. The molecule has 1 aromatic carbocycles. The largest absolute Gasteiger partial charge is 0.352 e. The Bertz CT molecular complexity index is 1450. The van der Waals surface area contributed by atoms with Crippen LogP contribution >= 0.6 is 11.3 Å². The smallest absolute Gasteiger partial charge is 0.261 e. The number of carbonyl (C=O) groups excluding carboxylic acids is 2. The molecule has 0 radical (unpaired) electrons. The standard InChI is InChI=1S/C25H25N5O2S/c1-14(25(2)8-10-26-11-9-25)30-18-6-4-3-5-16(18)21(29-30)20-19(22(31)28-23(20)32)17-13-27-24-15(17)7-12-33-24/h3-7,12-14,26-27H,8-11H2,1-2H3,(H,28,31,32). The van der Waals surface area contributed by atoms with E-state index in [-0.39, 0.29) is 17.4 Å². The van der Waals surface area contributed by atoms with E-state index in [1.165, 1.54) is 0 Å². The van der Waals surface area contributed by atoms with E-state index in [0.29, 0.717) is 16.8 Å². The van der Waals surface area contributed by atoms with Crippen LogP contribution in [0.25, 0.3) is 32.3 Å². The number of hydrogen-bond acceptors (Lipinski definition) is 5. The van der Waals surface area contributed by atoms with Crippen LogP contribution in [0.3, 0.4) is 0 Å². The zero-order chi connectivity index (χ0) is 22.7. The Balaban J connectivity index is 1.58. The van der Waals surface area contributed by atoms with Crippen LogP contribution in [0, 0.1) is 5.41 Å². The third-order valence-corrected chi connectivity index (χ3v) is 8.32. The van der Waals surface area contributed by atoms with Gasteiger partial charge in [0, 0.05) is 22.5 Å². The van der Waals surface area contributed by atoms with Crippen molar-refractivity contribution in [1.82, 2.24) is 25.4 Å². The number of fused-ring (bicyclic) bond motifs is 2. The summed E-state index contributed by atoms with van der Waals surface area (Å²) in [6.07, 6.45) is 3.93. The lowest BCUT2D eigenvalue weighted by atomic mass is 9.75. The number of imide groups is 1. The number of piperidine rings is 1. The topological polar surface area (TPSA) is 91.8 Å². The van der Waals surface area contributed by atoms with E-state index in [2.05, 4.69) is 40.2 Å². The number of nitrogens with one attached hydrogen (secondary N) is 3. The highest BCUT2D eigenvalue weighted by Crippen LogP contribution is 2.43. The Hall–Kier alpha value is -3.23. The number of aromatic amines is 1. The van der Waals surface area contributed by atoms with Gasteiger partial charge in [-0.25, -0.2) is 0 Å². The van der Waals surface area contributed by atoms with Gasteiger partial charge in [0.1, 0.15) is 10.5 Å². The molecular weight excluding hydrogens is 434 g/mol. The molecule has 1 atom stereocenters. The molecule has 6 rings (SSSR count). The lowest BCUT2D eigenvalue weighted by molar-refractivity contribution is -0.122. The average Bonchev–Trinajstić information content (AvgIpc) is 3.56. The van der Waals surface area contributed by atoms with Gasteiger partial charge in [-0.15, -0.1) is 11.3 Å². The molecule has 0 saturated carbocycles. The summed E-state index contributed by atoms with van der Waals surface area (Å²) >= 11 is 1.57. The van der Waals surface area contributed by atoms with E-state index in [9.17, 15) is 9.59 Å². The third kappa shape index (κ3) is 3.01. The highest BCUT2D eigenvalue weighted by Gasteiger charge is 2.39. The second-order valence-electron chi connectivity index (χ2n) is 9.29. The Morgan fingerprint density at radius 3 is 2.64 bits per heavy atom. The molecule has 7 nitrogen and oxygen atoms in total. The average molecular weight is 460 g/mol. The number of nitrogens with zero attached hydrogens (tertiary/aromatic N) is 2. The first-order valence-corrected chi connectivity index (χ1v) is 12.2. The summed E-state index contributed by atoms with van der Waals surface area (Å²) in [4.78, 5) is 30.3. The third-order valence-electron chi connectivity index (χ3n) is 7.48. The maximum absolute atomic E-state index is 13.1. The highest BCUT2D eigenvalue weighted by molar-refractivity contribution is 7.16. The van der Waals surface area contributed by atoms with E-state index in [1.807, 2.05) is 35.8 Å². The van der Waals surface area contributed by atoms with Crippen molar-refractivity contribution in [3.63, 3.8) is 0 Å². The summed E-state index contributed by atoms with van der Waals surface area (Å²) in [6.45, 7) is 6.51. The molecule has 0 bridgehead atoms. The van der Waals surface area contributed by atoms with Crippen LogP contribution in [-0.2, 0) is 9.59 Å². The first kappa shape index (κ1) is 20.4. The minimum Gasteiger partial charge on any atom is -0.352 e. The van der Waals surface area contributed by atoms with Crippen LogP contribution in [0.2, 0.25) is 0 Å². The maximum Gasteiger partial charge on any atom is 0.261 e. The molecule has 8 heteroatoms. The van der Waals surface area contributed by atoms with Crippen molar-refractivity contribution in [3.8, 4) is 0 Å². The van der Waals surface area contributed by atoms with Gasteiger partial charge in [0.2, 0.25) is 0 Å². The first-order chi connectivity index (χ1) is 16.0. The van der Waals surface area contributed by atoms with Crippen molar-refractivity contribution in [2.75, 3.05) is 13.1 Å². The van der Waals surface area contributed by atoms with Crippen LogP contribution in [0.5, 0.6) is 0 Å². The van der Waals surface area contributed by atoms with Gasteiger partial charge in [-0.05, 0) is 55.8 Å². The predicted molar refractivity (Wildman–Crippen MR) is 131 cm³/mol. The number of hydrogen-bond donors (Lipinski definition) is 3. The number of para-hydroxylation sites is 1. The lowest BCUT2D eigenvalue weighted by Crippen LogP contribution is -2.40. The van der Waals surface area contributed by atoms with Crippen molar-refractivity contribution in [1.29, 1.82) is 0 Å². The van der Waals surface area contributed by atoms with Gasteiger partial charge < -0.3 is 10.3 Å². The van der Waals surface area contributed by atoms with Crippen LogP contribution in [0.4, 0.5) is 0 Å². The van der Waals surface area contributed by atoms with Crippen LogP contribution in [-0.4, -0.2) is 39.7 Å². The van der Waals surface area contributed by atoms with Gasteiger partial charge in [-0.1, -0.05) is 25.1 Å². The fraction of sp³-hybridized carbons (Fsp3) is 0.320. The molecule has 0 aliphatic carbocycles. The Labute approximate surface area is 194 Å². The van der Waals surface area contributed by atoms with E-state index in [4.69, 9.17) is 5.10 Å². The molecular formula is C25H25N5O2S. The van der Waals surface area contributed by atoms with E-state index < -0.39 is 5.91 Å². The monoisotopic (exact) mass is 459 g/mol. The number of amides is 2. The fourth-order valence-electron chi connectivity index (χ4n) is 5.27. The molecule has 1 fully saturated rings. The van der Waals surface area contributed by atoms with E-state index in [0.717, 1.165) is 52.6 Å². The SMILES string of the molecule is CC(n1nc(C2=C(c3c[nH]c4sccc34)C(=O)NC2=O)c2ccccc21)C1(C)CCNCC1. The van der Waals surface area contributed by atoms with Crippen molar-refractivity contribution in [3.05, 3.63) is 53.2 Å². The second-order valence-corrected chi connectivity index (χ2v) is 10.2. The number of H-pyrrole nitrogens is 1. The van der Waals surface area contributed by atoms with Crippen molar-refractivity contribution in [2.24, 2.45) is 5.41 Å². The molecule has 2 aliphatic rings. The minimum atomic E-state index is -0.393. The molecule has 1 unspecified atom stereocenters. The summed E-state index contributed by atoms with van der Waals surface area (Å²) < 4.78 is 2.06. The maximum atomic E-state index is 13.1. The van der Waals surface area contributed by atoms with Gasteiger partial charge >= 0.3 is 0 Å². The Kier molecular flexibility index (Phi) is 4.57. The predicted octanol–water partition coefficient (Wildman–Crippen LogP) is 4.10. The molecule has 0 spiro atoms. The summed E-state index contributed by atoms with van der Waals surface area (Å²) in [6, 6.07) is 10.1. The molecule has 4 aromatic rings. The molecule has 1 saturated heterocycles. The summed E-state index contributed by atoms with van der Waals surface area (Å²) in [5.41, 5.74) is 3.12. The summed E-state index contributed by atoms with van der Waals surface area (Å²) in [5, 5.41) is 14.8. The number of benzene rings is 1. The molecule has 3 aromatic heterocycles. The number of aromatic nitrogens is 3. The minimum absolute atomic E-state index is 0.0890. The van der Waals surface area contributed by atoms with Crippen molar-refractivity contribution >= 4 is 55.4 Å². The van der Waals surface area contributed by atoms with Gasteiger partial charge in [-0.2, -0.15) is 5.10 Å². The molecule has 3 N–H and O–H groups in total. The van der Waals surface area contributed by atoms with Crippen LogP contribution in [0.1, 0.15) is 44.0 Å². The molecule has 5 heterocycles. The van der Waals surface area contributed by atoms with Crippen molar-refractivity contribution < 1.29 is 9.59 Å². The molecule has 2 amide bonds. The fourth-order valence-corrected chi connectivity index (χ4v) is 6.05. The zero-order valence-electron chi connectivity index (χ0n) is 18.6. The Morgan fingerprint density at radius 1 is 1.06 bits per heavy atom. The zero-order valence-corrected chi connectivity index (χ0v) is 19.4. The number of thiophene rings is 1. The molecule has 168 valence electrons. The normalized spacial score (nSPS) is 19.6. The number of carbonyl (C=O) groups is 2. The molecule has 33 heavy (non-hydrogen) atoms. The lowest BCUT2D eigenvalue weighted by Gasteiger charge is -2.39. The van der Waals surface area contributed by atoms with Crippen LogP contribution in [0.15, 0.2) is 41.9 Å². The van der Waals surface area contributed by atoms with Gasteiger partial charge in [0.15, 0.2) is 0 Å². The quantitative estimate of drug-likeness (QED) is 0.401. The van der Waals surface area contributed by atoms with Crippen LogP contribution < -0.4 is 10.6 Å². The number of rotatable bonds is 4.